The molecule has 2 heterocycles. The Morgan fingerprint density at radius 3 is 2.80 bits per heavy atom. The zero-order chi connectivity index (χ0) is 14.3. The molecule has 0 saturated carbocycles. The Bertz CT molecular complexity index is 663. The number of benzene rings is 1. The Labute approximate surface area is 125 Å². The third-order valence-corrected chi connectivity index (χ3v) is 4.34. The standard InChI is InChI=1S/C14H15BrN4O/c1-8-2-4-9(5-3-8)10-6-17-14-11(15)12(13(16)20)18-19(14)7-10/h2-5,10,17H,6-7H2,1H3,(H2,16,20). The molecule has 3 rings (SSSR count). The summed E-state index contributed by atoms with van der Waals surface area (Å²) in [6, 6.07) is 8.50. The number of aryl methyl sites for hydroxylation is 1. The zero-order valence-electron chi connectivity index (χ0n) is 11.1. The number of anilines is 1. The van der Waals surface area contributed by atoms with Crippen LogP contribution in [0.5, 0.6) is 0 Å². The van der Waals surface area contributed by atoms with Crippen molar-refractivity contribution in [2.75, 3.05) is 11.9 Å². The first-order valence-corrected chi connectivity index (χ1v) is 7.22. The molecule has 0 saturated heterocycles. The number of nitrogens with one attached hydrogen (secondary N) is 1. The minimum Gasteiger partial charge on any atom is -0.369 e. The van der Waals surface area contributed by atoms with Crippen molar-refractivity contribution in [2.24, 2.45) is 5.73 Å². The summed E-state index contributed by atoms with van der Waals surface area (Å²) in [7, 11) is 0. The van der Waals surface area contributed by atoms with Gasteiger partial charge in [0.1, 0.15) is 5.82 Å². The molecule has 0 fully saturated rings. The number of hydrogen-bond donors (Lipinski definition) is 2. The van der Waals surface area contributed by atoms with Gasteiger partial charge < -0.3 is 11.1 Å². The van der Waals surface area contributed by atoms with Crippen molar-refractivity contribution >= 4 is 27.7 Å². The summed E-state index contributed by atoms with van der Waals surface area (Å²) in [4.78, 5) is 11.3. The van der Waals surface area contributed by atoms with Crippen LogP contribution in [0, 0.1) is 6.92 Å². The molecule has 20 heavy (non-hydrogen) atoms. The third kappa shape index (κ3) is 2.20. The van der Waals surface area contributed by atoms with Gasteiger partial charge in [-0.25, -0.2) is 4.68 Å². The van der Waals surface area contributed by atoms with Crippen LogP contribution in [0.4, 0.5) is 5.82 Å². The molecule has 1 unspecified atom stereocenters. The van der Waals surface area contributed by atoms with Crippen LogP contribution in [0.2, 0.25) is 0 Å². The predicted octanol–water partition coefficient (Wildman–Crippen LogP) is 2.26. The minimum atomic E-state index is -0.521. The van der Waals surface area contributed by atoms with Crippen LogP contribution in [0.25, 0.3) is 0 Å². The van der Waals surface area contributed by atoms with Crippen molar-refractivity contribution in [3.05, 3.63) is 45.6 Å². The van der Waals surface area contributed by atoms with E-state index in [9.17, 15) is 4.79 Å². The minimum absolute atomic E-state index is 0.275. The summed E-state index contributed by atoms with van der Waals surface area (Å²) in [6.07, 6.45) is 0. The van der Waals surface area contributed by atoms with Crippen LogP contribution in [0.15, 0.2) is 28.7 Å². The van der Waals surface area contributed by atoms with Crippen LogP contribution in [0.3, 0.4) is 0 Å². The van der Waals surface area contributed by atoms with E-state index in [1.165, 1.54) is 11.1 Å². The molecule has 0 aliphatic carbocycles. The molecule has 1 amide bonds. The fourth-order valence-corrected chi connectivity index (χ4v) is 3.07. The molecule has 0 spiro atoms. The van der Waals surface area contributed by atoms with Crippen molar-refractivity contribution in [2.45, 2.75) is 19.4 Å². The Kier molecular flexibility index (Phi) is 3.25. The second kappa shape index (κ2) is 4.94. The first-order valence-electron chi connectivity index (χ1n) is 6.43. The lowest BCUT2D eigenvalue weighted by molar-refractivity contribution is 0.0994. The number of amides is 1. The lowest BCUT2D eigenvalue weighted by atomic mass is 9.97. The fraction of sp³-hybridized carbons (Fsp3) is 0.286. The van der Waals surface area contributed by atoms with Crippen molar-refractivity contribution in [3.8, 4) is 0 Å². The van der Waals surface area contributed by atoms with E-state index < -0.39 is 5.91 Å². The van der Waals surface area contributed by atoms with E-state index in [-0.39, 0.29) is 5.69 Å². The van der Waals surface area contributed by atoms with Gasteiger partial charge in [-0.1, -0.05) is 29.8 Å². The van der Waals surface area contributed by atoms with Crippen LogP contribution >= 0.6 is 15.9 Å². The highest BCUT2D eigenvalue weighted by atomic mass is 79.9. The smallest absolute Gasteiger partial charge is 0.270 e. The number of nitrogens with zero attached hydrogens (tertiary/aromatic N) is 2. The van der Waals surface area contributed by atoms with E-state index >= 15 is 0 Å². The number of carbonyl (C=O) groups is 1. The van der Waals surface area contributed by atoms with Crippen LogP contribution in [0.1, 0.15) is 27.5 Å². The topological polar surface area (TPSA) is 72.9 Å². The molecule has 1 aliphatic heterocycles. The number of primary amides is 1. The Morgan fingerprint density at radius 2 is 2.15 bits per heavy atom. The van der Waals surface area contributed by atoms with Gasteiger partial charge in [0, 0.05) is 12.5 Å². The normalized spacial score (nSPS) is 17.4. The Balaban J connectivity index is 1.90. The van der Waals surface area contributed by atoms with Crippen LogP contribution in [-0.4, -0.2) is 22.2 Å². The summed E-state index contributed by atoms with van der Waals surface area (Å²) in [5, 5.41) is 7.59. The monoisotopic (exact) mass is 334 g/mol. The first-order chi connectivity index (χ1) is 9.56. The maximum absolute atomic E-state index is 11.3. The van der Waals surface area contributed by atoms with E-state index in [1.807, 2.05) is 0 Å². The summed E-state index contributed by atoms with van der Waals surface area (Å²) in [5.74, 6) is 0.630. The van der Waals surface area contributed by atoms with Gasteiger partial charge in [0.15, 0.2) is 5.69 Å². The summed E-state index contributed by atoms with van der Waals surface area (Å²) >= 11 is 3.38. The average molecular weight is 335 g/mol. The average Bonchev–Trinajstić information content (AvgIpc) is 2.77. The fourth-order valence-electron chi connectivity index (χ4n) is 2.45. The number of hydrogen-bond acceptors (Lipinski definition) is 3. The molecule has 6 heteroatoms. The number of carbonyl (C=O) groups excluding carboxylic acids is 1. The molecular formula is C14H15BrN4O. The van der Waals surface area contributed by atoms with Crippen LogP contribution < -0.4 is 11.1 Å². The van der Waals surface area contributed by atoms with Gasteiger partial charge >= 0.3 is 0 Å². The maximum atomic E-state index is 11.3. The summed E-state index contributed by atoms with van der Waals surface area (Å²) < 4.78 is 2.45. The molecule has 104 valence electrons. The highest BCUT2D eigenvalue weighted by molar-refractivity contribution is 9.10. The number of halogens is 1. The third-order valence-electron chi connectivity index (χ3n) is 3.59. The molecule has 1 aromatic heterocycles. The number of rotatable bonds is 2. The SMILES string of the molecule is Cc1ccc(C2CNc3c(Br)c(C(N)=O)nn3C2)cc1. The van der Waals surface area contributed by atoms with E-state index in [0.717, 1.165) is 18.9 Å². The quantitative estimate of drug-likeness (QED) is 0.884. The van der Waals surface area contributed by atoms with Gasteiger partial charge in [0.05, 0.1) is 11.0 Å². The molecule has 2 aromatic rings. The van der Waals surface area contributed by atoms with Crippen molar-refractivity contribution in [1.29, 1.82) is 0 Å². The van der Waals surface area contributed by atoms with Gasteiger partial charge in [-0.2, -0.15) is 5.10 Å². The van der Waals surface area contributed by atoms with Crippen molar-refractivity contribution in [3.63, 3.8) is 0 Å². The Hall–Kier alpha value is -1.82. The molecule has 3 N–H and O–H groups in total. The van der Waals surface area contributed by atoms with E-state index in [2.05, 4.69) is 57.5 Å². The van der Waals surface area contributed by atoms with Crippen molar-refractivity contribution < 1.29 is 4.79 Å². The molecule has 1 atom stereocenters. The van der Waals surface area contributed by atoms with Gasteiger partial charge in [-0.15, -0.1) is 0 Å². The molecule has 0 bridgehead atoms. The Morgan fingerprint density at radius 1 is 1.45 bits per heavy atom. The summed E-state index contributed by atoms with van der Waals surface area (Å²) in [6.45, 7) is 3.62. The van der Waals surface area contributed by atoms with Gasteiger partial charge in [0.25, 0.3) is 5.91 Å². The first kappa shape index (κ1) is 13.2. The van der Waals surface area contributed by atoms with Crippen LogP contribution in [-0.2, 0) is 6.54 Å². The molecular weight excluding hydrogens is 320 g/mol. The van der Waals surface area contributed by atoms with E-state index in [4.69, 9.17) is 5.73 Å². The van der Waals surface area contributed by atoms with Gasteiger partial charge in [0.2, 0.25) is 0 Å². The number of aromatic nitrogens is 2. The van der Waals surface area contributed by atoms with E-state index in [0.29, 0.717) is 10.4 Å². The largest absolute Gasteiger partial charge is 0.369 e. The molecule has 1 aromatic carbocycles. The van der Waals surface area contributed by atoms with Gasteiger partial charge in [-0.05, 0) is 28.4 Å². The number of nitrogens with two attached hydrogens (primary N) is 1. The van der Waals surface area contributed by atoms with Gasteiger partial charge in [-0.3, -0.25) is 4.79 Å². The maximum Gasteiger partial charge on any atom is 0.270 e. The van der Waals surface area contributed by atoms with E-state index in [1.54, 1.807) is 4.68 Å². The van der Waals surface area contributed by atoms with Crippen molar-refractivity contribution in [1.82, 2.24) is 9.78 Å². The zero-order valence-corrected chi connectivity index (χ0v) is 12.6. The lowest BCUT2D eigenvalue weighted by Gasteiger charge is -2.25. The number of fused-ring (bicyclic) bond motifs is 1. The second-order valence-corrected chi connectivity index (χ2v) is 5.84. The predicted molar refractivity (Wildman–Crippen MR) is 80.9 cm³/mol. The molecule has 5 nitrogen and oxygen atoms in total. The molecule has 0 radical (unpaired) electrons. The highest BCUT2D eigenvalue weighted by Gasteiger charge is 2.26. The second-order valence-electron chi connectivity index (χ2n) is 5.05. The highest BCUT2D eigenvalue weighted by Crippen LogP contribution is 2.32. The molecule has 1 aliphatic rings. The lowest BCUT2D eigenvalue weighted by Crippen LogP contribution is -2.26. The summed E-state index contributed by atoms with van der Waals surface area (Å²) in [5.41, 5.74) is 8.10.